The highest BCUT2D eigenvalue weighted by atomic mass is 32.2. The second kappa shape index (κ2) is 8.96. The standard InChI is InChI=1S/C17H24N2O2S/c18-10-14-8-4-5-9-15(14)19-17(21)12-22-11-16(20)13-6-2-1-3-7-13/h1-3,6-7,14-15H,4-5,8-12,18H2,(H,19,21). The molecule has 0 aliphatic heterocycles. The first-order valence-corrected chi connectivity index (χ1v) is 9.01. The monoisotopic (exact) mass is 320 g/mol. The number of hydrogen-bond donors (Lipinski definition) is 2. The maximum atomic E-state index is 12.0. The summed E-state index contributed by atoms with van der Waals surface area (Å²) in [5, 5.41) is 3.08. The molecule has 120 valence electrons. The van der Waals surface area contributed by atoms with Crippen molar-refractivity contribution in [3.05, 3.63) is 35.9 Å². The zero-order valence-electron chi connectivity index (χ0n) is 12.8. The molecule has 0 aromatic heterocycles. The van der Waals surface area contributed by atoms with Gasteiger partial charge in [-0.15, -0.1) is 11.8 Å². The number of Topliss-reactive ketones (excluding diaryl/α,β-unsaturated/α-hetero) is 1. The molecule has 1 aromatic rings. The Balaban J connectivity index is 1.70. The molecule has 1 amide bonds. The molecule has 22 heavy (non-hydrogen) atoms. The van der Waals surface area contributed by atoms with Crippen molar-refractivity contribution in [2.45, 2.75) is 31.7 Å². The lowest BCUT2D eigenvalue weighted by molar-refractivity contribution is -0.119. The molecule has 1 fully saturated rings. The van der Waals surface area contributed by atoms with Crippen molar-refractivity contribution in [1.29, 1.82) is 0 Å². The zero-order valence-corrected chi connectivity index (χ0v) is 13.6. The van der Waals surface area contributed by atoms with Gasteiger partial charge in [-0.25, -0.2) is 0 Å². The third kappa shape index (κ3) is 5.14. The number of amides is 1. The Morgan fingerprint density at radius 2 is 1.86 bits per heavy atom. The van der Waals surface area contributed by atoms with Gasteiger partial charge in [0.2, 0.25) is 5.91 Å². The Hall–Kier alpha value is -1.33. The summed E-state index contributed by atoms with van der Waals surface area (Å²) in [5.41, 5.74) is 6.47. The highest BCUT2D eigenvalue weighted by Crippen LogP contribution is 2.23. The molecular weight excluding hydrogens is 296 g/mol. The van der Waals surface area contributed by atoms with Crippen LogP contribution < -0.4 is 11.1 Å². The number of nitrogens with one attached hydrogen (secondary N) is 1. The molecule has 1 saturated carbocycles. The summed E-state index contributed by atoms with van der Waals surface area (Å²) in [6.07, 6.45) is 4.47. The van der Waals surface area contributed by atoms with E-state index < -0.39 is 0 Å². The van der Waals surface area contributed by atoms with E-state index in [2.05, 4.69) is 5.32 Å². The minimum absolute atomic E-state index is 0.0104. The molecule has 2 rings (SSSR count). The molecule has 0 spiro atoms. The summed E-state index contributed by atoms with van der Waals surface area (Å²) in [6.45, 7) is 0.630. The predicted octanol–water partition coefficient (Wildman–Crippen LogP) is 2.24. The fraction of sp³-hybridized carbons (Fsp3) is 0.529. The van der Waals surface area contributed by atoms with Crippen LogP contribution in [0.3, 0.4) is 0 Å². The van der Waals surface area contributed by atoms with Crippen molar-refractivity contribution in [2.24, 2.45) is 11.7 Å². The number of nitrogens with two attached hydrogens (primary N) is 1. The van der Waals surface area contributed by atoms with E-state index in [0.29, 0.717) is 29.5 Å². The zero-order chi connectivity index (χ0) is 15.8. The van der Waals surface area contributed by atoms with Crippen LogP contribution >= 0.6 is 11.8 Å². The average molecular weight is 320 g/mol. The summed E-state index contributed by atoms with van der Waals surface area (Å²) in [7, 11) is 0. The number of carbonyl (C=O) groups excluding carboxylic acids is 2. The van der Waals surface area contributed by atoms with Gasteiger partial charge in [0.05, 0.1) is 11.5 Å². The summed E-state index contributed by atoms with van der Waals surface area (Å²) in [4.78, 5) is 24.0. The van der Waals surface area contributed by atoms with Crippen molar-refractivity contribution in [2.75, 3.05) is 18.1 Å². The van der Waals surface area contributed by atoms with Gasteiger partial charge in [0.25, 0.3) is 0 Å². The molecular formula is C17H24N2O2S. The molecule has 0 bridgehead atoms. The second-order valence-corrected chi connectivity index (χ2v) is 6.72. The lowest BCUT2D eigenvalue weighted by Gasteiger charge is -2.31. The minimum Gasteiger partial charge on any atom is -0.352 e. The molecule has 5 heteroatoms. The SMILES string of the molecule is NCC1CCCCC1NC(=O)CSCC(=O)c1ccccc1. The van der Waals surface area contributed by atoms with Gasteiger partial charge in [-0.3, -0.25) is 9.59 Å². The first-order valence-electron chi connectivity index (χ1n) is 7.86. The van der Waals surface area contributed by atoms with Crippen molar-refractivity contribution in [3.8, 4) is 0 Å². The summed E-state index contributed by atoms with van der Waals surface area (Å²) < 4.78 is 0. The topological polar surface area (TPSA) is 72.2 Å². The van der Waals surface area contributed by atoms with Crippen molar-refractivity contribution >= 4 is 23.5 Å². The lowest BCUT2D eigenvalue weighted by atomic mass is 9.84. The predicted molar refractivity (Wildman–Crippen MR) is 91.0 cm³/mol. The Morgan fingerprint density at radius 1 is 1.14 bits per heavy atom. The van der Waals surface area contributed by atoms with Crippen LogP contribution in [-0.4, -0.2) is 35.8 Å². The molecule has 1 aliphatic carbocycles. The van der Waals surface area contributed by atoms with E-state index in [1.54, 1.807) is 12.1 Å². The van der Waals surface area contributed by atoms with Crippen LogP contribution in [0.2, 0.25) is 0 Å². The number of hydrogen-bond acceptors (Lipinski definition) is 4. The number of carbonyl (C=O) groups is 2. The molecule has 1 aromatic carbocycles. The molecule has 0 saturated heterocycles. The van der Waals surface area contributed by atoms with Crippen LogP contribution in [0.4, 0.5) is 0 Å². The molecule has 4 nitrogen and oxygen atoms in total. The van der Waals surface area contributed by atoms with E-state index in [1.165, 1.54) is 18.2 Å². The van der Waals surface area contributed by atoms with Gasteiger partial charge in [-0.05, 0) is 25.3 Å². The largest absolute Gasteiger partial charge is 0.352 e. The maximum Gasteiger partial charge on any atom is 0.230 e. The molecule has 0 radical (unpaired) electrons. The van der Waals surface area contributed by atoms with Gasteiger partial charge in [0.15, 0.2) is 5.78 Å². The molecule has 1 aliphatic rings. The van der Waals surface area contributed by atoms with Gasteiger partial charge in [-0.2, -0.15) is 0 Å². The van der Waals surface area contributed by atoms with Crippen LogP contribution in [0, 0.1) is 5.92 Å². The van der Waals surface area contributed by atoms with E-state index in [9.17, 15) is 9.59 Å². The van der Waals surface area contributed by atoms with Crippen molar-refractivity contribution in [3.63, 3.8) is 0 Å². The van der Waals surface area contributed by atoms with Gasteiger partial charge >= 0.3 is 0 Å². The van der Waals surface area contributed by atoms with Gasteiger partial charge in [0.1, 0.15) is 0 Å². The van der Waals surface area contributed by atoms with E-state index in [0.717, 1.165) is 19.3 Å². The highest BCUT2D eigenvalue weighted by molar-refractivity contribution is 8.00. The Labute approximate surface area is 136 Å². The molecule has 2 atom stereocenters. The fourth-order valence-corrected chi connectivity index (χ4v) is 3.59. The quantitative estimate of drug-likeness (QED) is 0.756. The smallest absolute Gasteiger partial charge is 0.230 e. The molecule has 2 unspecified atom stereocenters. The fourth-order valence-electron chi connectivity index (χ4n) is 2.87. The third-order valence-corrected chi connectivity index (χ3v) is 5.05. The van der Waals surface area contributed by atoms with E-state index in [4.69, 9.17) is 5.73 Å². The number of ketones is 1. The number of thioether (sulfide) groups is 1. The molecule has 0 heterocycles. The number of rotatable bonds is 7. The van der Waals surface area contributed by atoms with Crippen LogP contribution in [-0.2, 0) is 4.79 Å². The van der Waals surface area contributed by atoms with E-state index in [1.807, 2.05) is 18.2 Å². The normalized spacial score (nSPS) is 21.3. The third-order valence-electron chi connectivity index (χ3n) is 4.12. The first-order chi connectivity index (χ1) is 10.7. The highest BCUT2D eigenvalue weighted by Gasteiger charge is 2.25. The first kappa shape index (κ1) is 17.0. The summed E-state index contributed by atoms with van der Waals surface area (Å²) in [5.74, 6) is 1.13. The maximum absolute atomic E-state index is 12.0. The second-order valence-electron chi connectivity index (χ2n) is 5.74. The van der Waals surface area contributed by atoms with E-state index >= 15 is 0 Å². The van der Waals surface area contributed by atoms with E-state index in [-0.39, 0.29) is 17.7 Å². The Kier molecular flexibility index (Phi) is 6.93. The molecule has 3 N–H and O–H groups in total. The van der Waals surface area contributed by atoms with Gasteiger partial charge < -0.3 is 11.1 Å². The van der Waals surface area contributed by atoms with Crippen LogP contribution in [0.25, 0.3) is 0 Å². The van der Waals surface area contributed by atoms with Crippen molar-refractivity contribution < 1.29 is 9.59 Å². The average Bonchev–Trinajstić information content (AvgIpc) is 2.56. The number of benzene rings is 1. The Morgan fingerprint density at radius 3 is 2.59 bits per heavy atom. The van der Waals surface area contributed by atoms with Crippen molar-refractivity contribution in [1.82, 2.24) is 5.32 Å². The summed E-state index contributed by atoms with van der Waals surface area (Å²) >= 11 is 1.37. The Bertz CT molecular complexity index is 493. The van der Waals surface area contributed by atoms with Crippen LogP contribution in [0.5, 0.6) is 0 Å². The van der Waals surface area contributed by atoms with Gasteiger partial charge in [0, 0.05) is 11.6 Å². The lowest BCUT2D eigenvalue weighted by Crippen LogP contribution is -2.45. The summed E-state index contributed by atoms with van der Waals surface area (Å²) in [6, 6.07) is 9.39. The minimum atomic E-state index is 0.0104. The van der Waals surface area contributed by atoms with Gasteiger partial charge in [-0.1, -0.05) is 43.2 Å². The van der Waals surface area contributed by atoms with Crippen LogP contribution in [0.1, 0.15) is 36.0 Å². The van der Waals surface area contributed by atoms with Crippen LogP contribution in [0.15, 0.2) is 30.3 Å².